The van der Waals surface area contributed by atoms with Crippen LogP contribution in [0.3, 0.4) is 0 Å². The molecule has 0 heterocycles. The summed E-state index contributed by atoms with van der Waals surface area (Å²) in [5, 5.41) is 10.2. The molecule has 0 bridgehead atoms. The standard InChI is InChI=1S/C14H21NO3S/c1-11-5-6-13(9-12(11)2)19(17,18)15-10-14(16)7-3-4-8-14/h5-6,9,15-16H,3-4,7-8,10H2,1-2H3. The lowest BCUT2D eigenvalue weighted by molar-refractivity contribution is 0.0532. The summed E-state index contributed by atoms with van der Waals surface area (Å²) < 4.78 is 26.9. The van der Waals surface area contributed by atoms with Crippen molar-refractivity contribution < 1.29 is 13.5 Å². The molecule has 4 nitrogen and oxygen atoms in total. The van der Waals surface area contributed by atoms with Crippen LogP contribution in [0.15, 0.2) is 23.1 Å². The molecular weight excluding hydrogens is 262 g/mol. The normalized spacial score (nSPS) is 18.7. The van der Waals surface area contributed by atoms with Crippen LogP contribution in [0.1, 0.15) is 36.8 Å². The molecule has 0 aromatic heterocycles. The molecule has 1 aromatic carbocycles. The first kappa shape index (κ1) is 14.5. The van der Waals surface area contributed by atoms with Crippen molar-refractivity contribution in [1.82, 2.24) is 4.72 Å². The SMILES string of the molecule is Cc1ccc(S(=O)(=O)NCC2(O)CCCC2)cc1C. The van der Waals surface area contributed by atoms with Crippen molar-refractivity contribution in [3.05, 3.63) is 29.3 Å². The van der Waals surface area contributed by atoms with Gasteiger partial charge in [-0.1, -0.05) is 18.9 Å². The van der Waals surface area contributed by atoms with Gasteiger partial charge in [0.2, 0.25) is 10.0 Å². The molecule has 0 atom stereocenters. The Morgan fingerprint density at radius 2 is 1.84 bits per heavy atom. The number of benzene rings is 1. The summed E-state index contributed by atoms with van der Waals surface area (Å²) in [6.07, 6.45) is 3.26. The minimum atomic E-state index is -3.54. The van der Waals surface area contributed by atoms with Crippen molar-refractivity contribution >= 4 is 10.0 Å². The highest BCUT2D eigenvalue weighted by Crippen LogP contribution is 2.29. The van der Waals surface area contributed by atoms with E-state index >= 15 is 0 Å². The van der Waals surface area contributed by atoms with E-state index in [9.17, 15) is 13.5 Å². The van der Waals surface area contributed by atoms with E-state index in [1.54, 1.807) is 18.2 Å². The number of sulfonamides is 1. The van der Waals surface area contributed by atoms with Gasteiger partial charge in [-0.15, -0.1) is 0 Å². The quantitative estimate of drug-likeness (QED) is 0.886. The van der Waals surface area contributed by atoms with Gasteiger partial charge in [-0.05, 0) is 49.9 Å². The minimum Gasteiger partial charge on any atom is -0.389 e. The number of aryl methyl sites for hydroxylation is 2. The van der Waals surface area contributed by atoms with E-state index in [1.807, 2.05) is 13.8 Å². The van der Waals surface area contributed by atoms with Crippen LogP contribution in [0.4, 0.5) is 0 Å². The zero-order valence-electron chi connectivity index (χ0n) is 11.4. The fourth-order valence-corrected chi connectivity index (χ4v) is 3.61. The third-order valence-electron chi connectivity index (χ3n) is 3.91. The molecule has 0 spiro atoms. The maximum Gasteiger partial charge on any atom is 0.240 e. The summed E-state index contributed by atoms with van der Waals surface area (Å²) in [4.78, 5) is 0.261. The third kappa shape index (κ3) is 3.35. The fraction of sp³-hybridized carbons (Fsp3) is 0.571. The lowest BCUT2D eigenvalue weighted by atomic mass is 10.0. The van der Waals surface area contributed by atoms with Crippen LogP contribution in [0, 0.1) is 13.8 Å². The van der Waals surface area contributed by atoms with Crippen LogP contribution in [0.2, 0.25) is 0 Å². The molecule has 0 aliphatic heterocycles. The Kier molecular flexibility index (Phi) is 3.99. The summed E-state index contributed by atoms with van der Waals surface area (Å²) in [6, 6.07) is 5.06. The van der Waals surface area contributed by atoms with E-state index in [0.717, 1.165) is 24.0 Å². The van der Waals surface area contributed by atoms with Gasteiger partial charge >= 0.3 is 0 Å². The topological polar surface area (TPSA) is 66.4 Å². The number of nitrogens with one attached hydrogen (secondary N) is 1. The summed E-state index contributed by atoms with van der Waals surface area (Å²) in [5.74, 6) is 0. The van der Waals surface area contributed by atoms with Gasteiger partial charge in [0.15, 0.2) is 0 Å². The highest BCUT2D eigenvalue weighted by Gasteiger charge is 2.32. The van der Waals surface area contributed by atoms with E-state index in [2.05, 4.69) is 4.72 Å². The van der Waals surface area contributed by atoms with E-state index in [4.69, 9.17) is 0 Å². The molecule has 0 saturated heterocycles. The van der Waals surface area contributed by atoms with E-state index in [1.165, 1.54) is 0 Å². The molecule has 1 aromatic rings. The predicted octanol–water partition coefficient (Wildman–Crippen LogP) is 1.89. The molecule has 0 amide bonds. The monoisotopic (exact) mass is 283 g/mol. The first-order valence-corrected chi connectivity index (χ1v) is 8.10. The van der Waals surface area contributed by atoms with Crippen molar-refractivity contribution in [2.75, 3.05) is 6.54 Å². The van der Waals surface area contributed by atoms with E-state index in [0.29, 0.717) is 12.8 Å². The first-order chi connectivity index (χ1) is 8.82. The smallest absolute Gasteiger partial charge is 0.240 e. The summed E-state index contributed by atoms with van der Waals surface area (Å²) in [6.45, 7) is 3.93. The third-order valence-corrected chi connectivity index (χ3v) is 5.31. The molecule has 1 fully saturated rings. The molecule has 1 aliphatic rings. The average molecular weight is 283 g/mol. The maximum atomic E-state index is 12.2. The van der Waals surface area contributed by atoms with Crippen LogP contribution >= 0.6 is 0 Å². The zero-order chi connectivity index (χ0) is 14.1. The maximum absolute atomic E-state index is 12.2. The molecule has 0 unspecified atom stereocenters. The average Bonchev–Trinajstić information content (AvgIpc) is 2.78. The van der Waals surface area contributed by atoms with Gasteiger partial charge in [0.05, 0.1) is 10.5 Å². The van der Waals surface area contributed by atoms with Crippen molar-refractivity contribution in [2.45, 2.75) is 50.0 Å². The van der Waals surface area contributed by atoms with Gasteiger partial charge in [-0.3, -0.25) is 0 Å². The highest BCUT2D eigenvalue weighted by molar-refractivity contribution is 7.89. The van der Waals surface area contributed by atoms with Crippen LogP contribution in [0.5, 0.6) is 0 Å². The number of rotatable bonds is 4. The van der Waals surface area contributed by atoms with Gasteiger partial charge < -0.3 is 5.11 Å². The lowest BCUT2D eigenvalue weighted by Gasteiger charge is -2.22. The molecule has 2 N–H and O–H groups in total. The van der Waals surface area contributed by atoms with E-state index < -0.39 is 15.6 Å². The Balaban J connectivity index is 2.11. The Hall–Kier alpha value is -0.910. The second-order valence-corrected chi connectivity index (χ2v) is 7.27. The first-order valence-electron chi connectivity index (χ1n) is 6.62. The summed E-state index contributed by atoms with van der Waals surface area (Å²) >= 11 is 0. The minimum absolute atomic E-state index is 0.0995. The van der Waals surface area contributed by atoms with Crippen LogP contribution in [-0.4, -0.2) is 25.7 Å². The molecule has 19 heavy (non-hydrogen) atoms. The highest BCUT2D eigenvalue weighted by atomic mass is 32.2. The van der Waals surface area contributed by atoms with Gasteiger partial charge in [0, 0.05) is 6.54 Å². The summed E-state index contributed by atoms with van der Waals surface area (Å²) in [7, 11) is -3.54. The van der Waals surface area contributed by atoms with Crippen LogP contribution < -0.4 is 4.72 Å². The van der Waals surface area contributed by atoms with Crippen LogP contribution in [0.25, 0.3) is 0 Å². The van der Waals surface area contributed by atoms with Gasteiger partial charge in [-0.25, -0.2) is 13.1 Å². The van der Waals surface area contributed by atoms with Crippen molar-refractivity contribution in [3.8, 4) is 0 Å². The molecular formula is C14H21NO3S. The molecule has 1 saturated carbocycles. The van der Waals surface area contributed by atoms with Crippen molar-refractivity contribution in [2.24, 2.45) is 0 Å². The molecule has 0 radical (unpaired) electrons. The Bertz CT molecular complexity index is 560. The second-order valence-electron chi connectivity index (χ2n) is 5.50. The zero-order valence-corrected chi connectivity index (χ0v) is 12.3. The largest absolute Gasteiger partial charge is 0.389 e. The Morgan fingerprint density at radius 3 is 2.42 bits per heavy atom. The molecule has 1 aliphatic carbocycles. The van der Waals surface area contributed by atoms with Gasteiger partial charge in [0.1, 0.15) is 0 Å². The fourth-order valence-electron chi connectivity index (χ4n) is 2.40. The van der Waals surface area contributed by atoms with Crippen LogP contribution in [-0.2, 0) is 10.0 Å². The van der Waals surface area contributed by atoms with Gasteiger partial charge in [-0.2, -0.15) is 0 Å². The van der Waals surface area contributed by atoms with Crippen molar-refractivity contribution in [1.29, 1.82) is 0 Å². The number of aliphatic hydroxyl groups is 1. The number of hydrogen-bond donors (Lipinski definition) is 2. The van der Waals surface area contributed by atoms with Crippen molar-refractivity contribution in [3.63, 3.8) is 0 Å². The number of hydrogen-bond acceptors (Lipinski definition) is 3. The molecule has 2 rings (SSSR count). The van der Waals surface area contributed by atoms with Gasteiger partial charge in [0.25, 0.3) is 0 Å². The molecule has 5 heteroatoms. The Labute approximate surface area is 114 Å². The summed E-state index contributed by atoms with van der Waals surface area (Å²) in [5.41, 5.74) is 1.14. The predicted molar refractivity (Wildman–Crippen MR) is 74.5 cm³/mol. The molecule has 106 valence electrons. The van der Waals surface area contributed by atoms with E-state index in [-0.39, 0.29) is 11.4 Å². The Morgan fingerprint density at radius 1 is 1.21 bits per heavy atom. The second kappa shape index (κ2) is 5.23. The lowest BCUT2D eigenvalue weighted by Crippen LogP contribution is -2.40.